The van der Waals surface area contributed by atoms with Crippen molar-refractivity contribution in [1.82, 2.24) is 5.32 Å². The molecular formula is C18H22N2O5S. The highest BCUT2D eigenvalue weighted by Crippen LogP contribution is 2.20. The second-order valence-corrected chi connectivity index (χ2v) is 7.02. The van der Waals surface area contributed by atoms with Crippen LogP contribution in [0.3, 0.4) is 0 Å². The molecule has 0 heterocycles. The van der Waals surface area contributed by atoms with Crippen molar-refractivity contribution in [3.8, 4) is 5.75 Å². The molecule has 1 amide bonds. The van der Waals surface area contributed by atoms with E-state index < -0.39 is 10.0 Å². The van der Waals surface area contributed by atoms with Crippen LogP contribution in [0.15, 0.2) is 53.4 Å². The molecule has 0 atom stereocenters. The summed E-state index contributed by atoms with van der Waals surface area (Å²) in [5, 5.41) is 2.68. The molecule has 0 radical (unpaired) electrons. The van der Waals surface area contributed by atoms with Crippen LogP contribution in [0.2, 0.25) is 0 Å². The van der Waals surface area contributed by atoms with Crippen LogP contribution in [0.5, 0.6) is 5.75 Å². The Balaban J connectivity index is 2.11. The Bertz CT molecular complexity index is 835. The highest BCUT2D eigenvalue weighted by Gasteiger charge is 2.15. The third kappa shape index (κ3) is 5.47. The number of ether oxygens (including phenoxy) is 2. The van der Waals surface area contributed by atoms with Crippen LogP contribution in [0, 0.1) is 0 Å². The number of hydrogen-bond acceptors (Lipinski definition) is 5. The minimum absolute atomic E-state index is 0.107. The lowest BCUT2D eigenvalue weighted by molar-refractivity contribution is 0.0937. The van der Waals surface area contributed by atoms with Gasteiger partial charge in [0.2, 0.25) is 0 Å². The summed E-state index contributed by atoms with van der Waals surface area (Å²) in [7, 11) is -2.22. The Hall–Kier alpha value is -2.58. The third-order valence-corrected chi connectivity index (χ3v) is 4.81. The second-order valence-electron chi connectivity index (χ2n) is 5.34. The second kappa shape index (κ2) is 9.21. The van der Waals surface area contributed by atoms with Crippen LogP contribution in [0.1, 0.15) is 17.3 Å². The van der Waals surface area contributed by atoms with Crippen molar-refractivity contribution in [2.45, 2.75) is 11.8 Å². The van der Waals surface area contributed by atoms with Gasteiger partial charge < -0.3 is 14.8 Å². The molecule has 0 aliphatic carbocycles. The first-order valence-corrected chi connectivity index (χ1v) is 9.57. The van der Waals surface area contributed by atoms with Gasteiger partial charge >= 0.3 is 0 Å². The number of nitrogens with one attached hydrogen (secondary N) is 2. The largest absolute Gasteiger partial charge is 0.494 e. The lowest BCUT2D eigenvalue weighted by atomic mass is 10.2. The van der Waals surface area contributed by atoms with E-state index in [1.165, 1.54) is 18.2 Å². The molecule has 7 nitrogen and oxygen atoms in total. The lowest BCUT2D eigenvalue weighted by Gasteiger charge is -2.10. The summed E-state index contributed by atoms with van der Waals surface area (Å²) in [4.78, 5) is 12.2. The maximum absolute atomic E-state index is 12.5. The fourth-order valence-electron chi connectivity index (χ4n) is 2.19. The summed E-state index contributed by atoms with van der Waals surface area (Å²) in [6.45, 7) is 3.13. The van der Waals surface area contributed by atoms with Crippen LogP contribution < -0.4 is 14.8 Å². The summed E-state index contributed by atoms with van der Waals surface area (Å²) in [6.07, 6.45) is 0. The molecule has 0 aliphatic rings. The smallest absolute Gasteiger partial charge is 0.261 e. The average molecular weight is 378 g/mol. The van der Waals surface area contributed by atoms with Gasteiger partial charge in [0.15, 0.2) is 0 Å². The van der Waals surface area contributed by atoms with Gasteiger partial charge in [-0.05, 0) is 49.4 Å². The molecule has 140 valence electrons. The highest BCUT2D eigenvalue weighted by atomic mass is 32.2. The van der Waals surface area contributed by atoms with Crippen LogP contribution in [0.25, 0.3) is 0 Å². The molecule has 2 N–H and O–H groups in total. The van der Waals surface area contributed by atoms with E-state index in [4.69, 9.17) is 9.47 Å². The predicted octanol–water partition coefficient (Wildman–Crippen LogP) is 2.26. The van der Waals surface area contributed by atoms with Gasteiger partial charge in [-0.1, -0.05) is 6.07 Å². The van der Waals surface area contributed by atoms with Crippen LogP contribution in [-0.4, -0.2) is 41.2 Å². The number of benzene rings is 2. The normalized spacial score (nSPS) is 11.0. The first-order valence-electron chi connectivity index (χ1n) is 8.09. The van der Waals surface area contributed by atoms with E-state index in [9.17, 15) is 13.2 Å². The minimum atomic E-state index is -3.77. The molecule has 0 saturated heterocycles. The van der Waals surface area contributed by atoms with E-state index in [2.05, 4.69) is 10.0 Å². The predicted molar refractivity (Wildman–Crippen MR) is 99.1 cm³/mol. The Morgan fingerprint density at radius 3 is 2.50 bits per heavy atom. The SMILES string of the molecule is CCOc1ccc(S(=O)(=O)Nc2cccc(C(=O)NCCOC)c2)cc1. The molecule has 0 aliphatic heterocycles. The third-order valence-electron chi connectivity index (χ3n) is 3.41. The molecule has 2 aromatic rings. The molecule has 0 aromatic heterocycles. The highest BCUT2D eigenvalue weighted by molar-refractivity contribution is 7.92. The summed E-state index contributed by atoms with van der Waals surface area (Å²) in [5.74, 6) is 0.297. The van der Waals surface area contributed by atoms with E-state index in [1.807, 2.05) is 6.92 Å². The topological polar surface area (TPSA) is 93.7 Å². The number of carbonyl (C=O) groups excluding carboxylic acids is 1. The average Bonchev–Trinajstić information content (AvgIpc) is 2.62. The molecule has 2 rings (SSSR count). The van der Waals surface area contributed by atoms with Crippen molar-refractivity contribution in [3.63, 3.8) is 0 Å². The van der Waals surface area contributed by atoms with E-state index in [0.29, 0.717) is 36.8 Å². The number of anilines is 1. The maximum Gasteiger partial charge on any atom is 0.261 e. The van der Waals surface area contributed by atoms with Crippen LogP contribution >= 0.6 is 0 Å². The standard InChI is InChI=1S/C18H22N2O5S/c1-3-25-16-7-9-17(10-8-16)26(22,23)20-15-6-4-5-14(13-15)18(21)19-11-12-24-2/h4-10,13,20H,3,11-12H2,1-2H3,(H,19,21). The zero-order valence-corrected chi connectivity index (χ0v) is 15.5. The Morgan fingerprint density at radius 2 is 1.85 bits per heavy atom. The molecule has 8 heteroatoms. The quantitative estimate of drug-likeness (QED) is 0.653. The Kier molecular flexibility index (Phi) is 6.99. The first kappa shape index (κ1) is 19.7. The van der Waals surface area contributed by atoms with Gasteiger partial charge in [0, 0.05) is 24.9 Å². The molecule has 0 bridgehead atoms. The molecule has 0 fully saturated rings. The zero-order chi connectivity index (χ0) is 19.0. The van der Waals surface area contributed by atoms with E-state index in [0.717, 1.165) is 0 Å². The molecule has 0 unspecified atom stereocenters. The van der Waals surface area contributed by atoms with E-state index in [1.54, 1.807) is 37.4 Å². The molecule has 0 saturated carbocycles. The van der Waals surface area contributed by atoms with Crippen molar-refractivity contribution >= 4 is 21.6 Å². The van der Waals surface area contributed by atoms with Crippen LogP contribution in [0.4, 0.5) is 5.69 Å². The van der Waals surface area contributed by atoms with Crippen molar-refractivity contribution in [1.29, 1.82) is 0 Å². The number of hydrogen-bond donors (Lipinski definition) is 2. The number of carbonyl (C=O) groups is 1. The fraction of sp³-hybridized carbons (Fsp3) is 0.278. The summed E-state index contributed by atoms with van der Waals surface area (Å²) in [6, 6.07) is 12.4. The zero-order valence-electron chi connectivity index (χ0n) is 14.7. The molecule has 2 aromatic carbocycles. The van der Waals surface area contributed by atoms with Gasteiger partial charge in [-0.15, -0.1) is 0 Å². The van der Waals surface area contributed by atoms with Gasteiger partial charge in [-0.25, -0.2) is 8.42 Å². The van der Waals surface area contributed by atoms with E-state index >= 15 is 0 Å². The van der Waals surface area contributed by atoms with Gasteiger partial charge in [0.05, 0.1) is 18.1 Å². The minimum Gasteiger partial charge on any atom is -0.494 e. The van der Waals surface area contributed by atoms with Crippen molar-refractivity contribution in [2.24, 2.45) is 0 Å². The maximum atomic E-state index is 12.5. The van der Waals surface area contributed by atoms with Crippen molar-refractivity contribution in [2.75, 3.05) is 31.6 Å². The fourth-order valence-corrected chi connectivity index (χ4v) is 3.24. The Labute approximate surface area is 153 Å². The monoisotopic (exact) mass is 378 g/mol. The number of methoxy groups -OCH3 is 1. The first-order chi connectivity index (χ1) is 12.5. The summed E-state index contributed by atoms with van der Waals surface area (Å²) in [5.41, 5.74) is 0.659. The summed E-state index contributed by atoms with van der Waals surface area (Å²) >= 11 is 0. The molecule has 0 spiro atoms. The van der Waals surface area contributed by atoms with Gasteiger partial charge in [0.25, 0.3) is 15.9 Å². The van der Waals surface area contributed by atoms with Gasteiger partial charge in [-0.2, -0.15) is 0 Å². The van der Waals surface area contributed by atoms with Crippen molar-refractivity contribution in [3.05, 3.63) is 54.1 Å². The molecular weight excluding hydrogens is 356 g/mol. The van der Waals surface area contributed by atoms with Crippen molar-refractivity contribution < 1.29 is 22.7 Å². The summed E-state index contributed by atoms with van der Waals surface area (Å²) < 4.78 is 37.6. The lowest BCUT2D eigenvalue weighted by Crippen LogP contribution is -2.27. The molecule has 26 heavy (non-hydrogen) atoms. The Morgan fingerprint density at radius 1 is 1.12 bits per heavy atom. The van der Waals surface area contributed by atoms with Gasteiger partial charge in [0.1, 0.15) is 5.75 Å². The number of rotatable bonds is 9. The number of sulfonamides is 1. The number of amides is 1. The van der Waals surface area contributed by atoms with Gasteiger partial charge in [-0.3, -0.25) is 9.52 Å². The van der Waals surface area contributed by atoms with E-state index in [-0.39, 0.29) is 10.8 Å². The van der Waals surface area contributed by atoms with Crippen LogP contribution in [-0.2, 0) is 14.8 Å².